The maximum atomic E-state index is 4.56. The first-order chi connectivity index (χ1) is 9.17. The quantitative estimate of drug-likeness (QED) is 0.896. The summed E-state index contributed by atoms with van der Waals surface area (Å²) in [5, 5.41) is 7.78. The van der Waals surface area contributed by atoms with Crippen LogP contribution in [0.15, 0.2) is 24.4 Å². The summed E-state index contributed by atoms with van der Waals surface area (Å²) in [7, 11) is 1.98. The summed E-state index contributed by atoms with van der Waals surface area (Å²) in [4.78, 5) is 4.56. The van der Waals surface area contributed by atoms with Gasteiger partial charge >= 0.3 is 0 Å². The zero-order valence-electron chi connectivity index (χ0n) is 12.1. The van der Waals surface area contributed by atoms with Crippen molar-refractivity contribution in [1.29, 1.82) is 0 Å². The normalized spacial score (nSPS) is 12.6. The van der Waals surface area contributed by atoms with Crippen molar-refractivity contribution < 1.29 is 0 Å². The van der Waals surface area contributed by atoms with Crippen molar-refractivity contribution in [2.45, 2.75) is 39.8 Å². The smallest absolute Gasteiger partial charge is 0.0763 e. The Kier molecular flexibility index (Phi) is 4.32. The van der Waals surface area contributed by atoms with E-state index in [1.54, 1.807) is 0 Å². The molecule has 2 aromatic rings. The molecule has 4 nitrogen and oxygen atoms in total. The van der Waals surface area contributed by atoms with Crippen molar-refractivity contribution >= 4 is 0 Å². The molecule has 0 aliphatic rings. The Bertz CT molecular complexity index is 545. The SMILES string of the molecule is CCCn1nccc1C(NC)c1ccc(C)nc1C. The minimum absolute atomic E-state index is 0.141. The number of rotatable bonds is 5. The summed E-state index contributed by atoms with van der Waals surface area (Å²) >= 11 is 0. The summed E-state index contributed by atoms with van der Waals surface area (Å²) in [6.45, 7) is 7.19. The van der Waals surface area contributed by atoms with Gasteiger partial charge in [0.2, 0.25) is 0 Å². The lowest BCUT2D eigenvalue weighted by Gasteiger charge is -2.20. The van der Waals surface area contributed by atoms with Crippen molar-refractivity contribution in [3.05, 3.63) is 47.0 Å². The molecule has 2 aromatic heterocycles. The van der Waals surface area contributed by atoms with E-state index in [4.69, 9.17) is 0 Å². The standard InChI is InChI=1S/C15H22N4/c1-5-10-19-14(8-9-17-19)15(16-4)13-7-6-11(2)18-12(13)3/h6-9,15-16H,5,10H2,1-4H3. The molecule has 0 saturated heterocycles. The number of hydrogen-bond acceptors (Lipinski definition) is 3. The van der Waals surface area contributed by atoms with Crippen LogP contribution in [0.3, 0.4) is 0 Å². The molecule has 0 spiro atoms. The molecule has 4 heteroatoms. The Hall–Kier alpha value is -1.68. The largest absolute Gasteiger partial charge is 0.308 e. The fraction of sp³-hybridized carbons (Fsp3) is 0.467. The second-order valence-corrected chi connectivity index (χ2v) is 4.83. The van der Waals surface area contributed by atoms with Gasteiger partial charge in [0.05, 0.1) is 11.7 Å². The number of aryl methyl sites for hydroxylation is 3. The van der Waals surface area contributed by atoms with Gasteiger partial charge in [-0.25, -0.2) is 0 Å². The highest BCUT2D eigenvalue weighted by molar-refractivity contribution is 5.31. The molecular weight excluding hydrogens is 236 g/mol. The zero-order chi connectivity index (χ0) is 13.8. The Morgan fingerprint density at radius 1 is 1.26 bits per heavy atom. The number of nitrogens with one attached hydrogen (secondary N) is 1. The van der Waals surface area contributed by atoms with Gasteiger partial charge in [-0.3, -0.25) is 9.67 Å². The van der Waals surface area contributed by atoms with E-state index in [1.807, 2.05) is 20.2 Å². The third-order valence-corrected chi connectivity index (χ3v) is 3.35. The maximum absolute atomic E-state index is 4.56. The summed E-state index contributed by atoms with van der Waals surface area (Å²) in [5.41, 5.74) is 4.53. The van der Waals surface area contributed by atoms with Crippen LogP contribution in [0.5, 0.6) is 0 Å². The first-order valence-corrected chi connectivity index (χ1v) is 6.80. The highest BCUT2D eigenvalue weighted by Crippen LogP contribution is 2.24. The van der Waals surface area contributed by atoms with E-state index >= 15 is 0 Å². The lowest BCUT2D eigenvalue weighted by Crippen LogP contribution is -2.23. The first-order valence-electron chi connectivity index (χ1n) is 6.80. The molecule has 0 fully saturated rings. The fourth-order valence-electron chi connectivity index (χ4n) is 2.45. The average molecular weight is 258 g/mol. The molecule has 0 aliphatic carbocycles. The van der Waals surface area contributed by atoms with Crippen molar-refractivity contribution in [3.63, 3.8) is 0 Å². The highest BCUT2D eigenvalue weighted by Gasteiger charge is 2.18. The number of pyridine rings is 1. The number of hydrogen-bond donors (Lipinski definition) is 1. The Balaban J connectivity index is 2.41. The third kappa shape index (κ3) is 2.84. The van der Waals surface area contributed by atoms with Crippen molar-refractivity contribution in [1.82, 2.24) is 20.1 Å². The van der Waals surface area contributed by atoms with E-state index in [2.05, 4.69) is 52.1 Å². The van der Waals surface area contributed by atoms with Crippen LogP contribution in [-0.4, -0.2) is 21.8 Å². The summed E-state index contributed by atoms with van der Waals surface area (Å²) in [6.07, 6.45) is 2.95. The number of nitrogens with zero attached hydrogens (tertiary/aromatic N) is 3. The molecule has 1 atom stereocenters. The summed E-state index contributed by atoms with van der Waals surface area (Å²) in [6, 6.07) is 6.44. The van der Waals surface area contributed by atoms with Crippen LogP contribution in [0.25, 0.3) is 0 Å². The van der Waals surface area contributed by atoms with Crippen LogP contribution in [0.1, 0.15) is 42.0 Å². The fourth-order valence-corrected chi connectivity index (χ4v) is 2.45. The van der Waals surface area contributed by atoms with Gasteiger partial charge < -0.3 is 5.32 Å². The minimum Gasteiger partial charge on any atom is -0.308 e. The van der Waals surface area contributed by atoms with Gasteiger partial charge in [0, 0.05) is 24.1 Å². The molecule has 1 N–H and O–H groups in total. The molecular formula is C15H22N4. The summed E-state index contributed by atoms with van der Waals surface area (Å²) < 4.78 is 2.07. The van der Waals surface area contributed by atoms with Gasteiger partial charge in [0.25, 0.3) is 0 Å². The predicted molar refractivity (Wildman–Crippen MR) is 77.1 cm³/mol. The summed E-state index contributed by atoms with van der Waals surface area (Å²) in [5.74, 6) is 0. The maximum Gasteiger partial charge on any atom is 0.0763 e. The van der Waals surface area contributed by atoms with E-state index < -0.39 is 0 Å². The van der Waals surface area contributed by atoms with Gasteiger partial charge in [-0.05, 0) is 45.0 Å². The molecule has 102 valence electrons. The molecule has 0 radical (unpaired) electrons. The van der Waals surface area contributed by atoms with Crippen molar-refractivity contribution in [2.24, 2.45) is 0 Å². The van der Waals surface area contributed by atoms with E-state index in [1.165, 1.54) is 11.3 Å². The second-order valence-electron chi connectivity index (χ2n) is 4.83. The Morgan fingerprint density at radius 3 is 2.68 bits per heavy atom. The van der Waals surface area contributed by atoms with Crippen LogP contribution < -0.4 is 5.32 Å². The van der Waals surface area contributed by atoms with Crippen LogP contribution in [0.2, 0.25) is 0 Å². The molecule has 0 aliphatic heterocycles. The van der Waals surface area contributed by atoms with E-state index in [9.17, 15) is 0 Å². The van der Waals surface area contributed by atoms with Gasteiger partial charge in [-0.15, -0.1) is 0 Å². The van der Waals surface area contributed by atoms with Crippen molar-refractivity contribution in [3.8, 4) is 0 Å². The zero-order valence-corrected chi connectivity index (χ0v) is 12.1. The second kappa shape index (κ2) is 5.97. The monoisotopic (exact) mass is 258 g/mol. The number of aromatic nitrogens is 3. The topological polar surface area (TPSA) is 42.7 Å². The van der Waals surface area contributed by atoms with E-state index in [0.717, 1.165) is 24.4 Å². The molecule has 19 heavy (non-hydrogen) atoms. The molecule has 2 rings (SSSR count). The van der Waals surface area contributed by atoms with Crippen molar-refractivity contribution in [2.75, 3.05) is 7.05 Å². The third-order valence-electron chi connectivity index (χ3n) is 3.35. The van der Waals surface area contributed by atoms with Gasteiger partial charge in [-0.2, -0.15) is 5.10 Å². The van der Waals surface area contributed by atoms with E-state index in [0.29, 0.717) is 0 Å². The van der Waals surface area contributed by atoms with Crippen LogP contribution in [-0.2, 0) is 6.54 Å². The lowest BCUT2D eigenvalue weighted by molar-refractivity contribution is 0.533. The Labute approximate surface area is 114 Å². The lowest BCUT2D eigenvalue weighted by atomic mass is 10.0. The molecule has 0 amide bonds. The van der Waals surface area contributed by atoms with Gasteiger partial charge in [-0.1, -0.05) is 13.0 Å². The molecule has 0 saturated carbocycles. The van der Waals surface area contributed by atoms with Crippen LogP contribution in [0, 0.1) is 13.8 Å². The van der Waals surface area contributed by atoms with Gasteiger partial charge in [0.15, 0.2) is 0 Å². The molecule has 2 heterocycles. The average Bonchev–Trinajstić information content (AvgIpc) is 2.82. The highest BCUT2D eigenvalue weighted by atomic mass is 15.3. The minimum atomic E-state index is 0.141. The molecule has 0 aromatic carbocycles. The molecule has 1 unspecified atom stereocenters. The van der Waals surface area contributed by atoms with Crippen LogP contribution in [0.4, 0.5) is 0 Å². The first kappa shape index (κ1) is 13.7. The Morgan fingerprint density at radius 2 is 2.05 bits per heavy atom. The van der Waals surface area contributed by atoms with Crippen LogP contribution >= 0.6 is 0 Å². The van der Waals surface area contributed by atoms with Gasteiger partial charge in [0.1, 0.15) is 0 Å². The predicted octanol–water partition coefficient (Wildman–Crippen LogP) is 2.61. The van der Waals surface area contributed by atoms with E-state index in [-0.39, 0.29) is 6.04 Å². The molecule has 0 bridgehead atoms.